The fourth-order valence-electron chi connectivity index (χ4n) is 3.35. The number of H-pyrrole nitrogens is 1. The number of thiophene rings is 1. The Hall–Kier alpha value is -2.23. The summed E-state index contributed by atoms with van der Waals surface area (Å²) in [6.45, 7) is 5.35. The second-order valence-electron chi connectivity index (χ2n) is 6.97. The lowest BCUT2D eigenvalue weighted by atomic mass is 9.94. The van der Waals surface area contributed by atoms with Gasteiger partial charge >= 0.3 is 0 Å². The normalized spacial score (nSPS) is 16.2. The number of furan rings is 1. The molecule has 7 nitrogen and oxygen atoms in total. The predicted molar refractivity (Wildman–Crippen MR) is 102 cm³/mol. The molecule has 5 heterocycles. The van der Waals surface area contributed by atoms with Gasteiger partial charge in [0.1, 0.15) is 10.6 Å². The van der Waals surface area contributed by atoms with Gasteiger partial charge in [-0.2, -0.15) is 5.10 Å². The highest BCUT2D eigenvalue weighted by Gasteiger charge is 2.31. The Morgan fingerprint density at radius 1 is 1.46 bits per heavy atom. The predicted octanol–water partition coefficient (Wildman–Crippen LogP) is 4.06. The second-order valence-corrected chi connectivity index (χ2v) is 8.44. The number of rotatable bonds is 3. The summed E-state index contributed by atoms with van der Waals surface area (Å²) in [4.78, 5) is 6.99. The summed E-state index contributed by atoms with van der Waals surface area (Å²) in [6, 6.07) is 3.78. The van der Waals surface area contributed by atoms with Crippen molar-refractivity contribution in [3.63, 3.8) is 0 Å². The van der Waals surface area contributed by atoms with Crippen molar-refractivity contribution in [3.05, 3.63) is 39.4 Å². The van der Waals surface area contributed by atoms with E-state index in [9.17, 15) is 0 Å². The van der Waals surface area contributed by atoms with E-state index in [1.54, 1.807) is 17.6 Å². The van der Waals surface area contributed by atoms with E-state index in [4.69, 9.17) is 26.4 Å². The first-order chi connectivity index (χ1) is 12.5. The van der Waals surface area contributed by atoms with Gasteiger partial charge in [-0.1, -0.05) is 0 Å². The topological polar surface area (TPSA) is 80.4 Å². The summed E-state index contributed by atoms with van der Waals surface area (Å²) in [6.07, 6.45) is 2.49. The van der Waals surface area contributed by atoms with Gasteiger partial charge in [0.2, 0.25) is 10.7 Å². The molecule has 1 aliphatic heterocycles. The average Bonchev–Trinajstić information content (AvgIpc) is 3.31. The molecule has 0 spiro atoms. The molecule has 0 unspecified atom stereocenters. The summed E-state index contributed by atoms with van der Waals surface area (Å²) in [5, 5.41) is 11.8. The first-order valence-electron chi connectivity index (χ1n) is 8.33. The monoisotopic (exact) mass is 387 g/mol. The summed E-state index contributed by atoms with van der Waals surface area (Å²) >= 11 is 7.11. The number of anilines is 1. The third kappa shape index (κ3) is 2.46. The van der Waals surface area contributed by atoms with Gasteiger partial charge in [-0.05, 0) is 43.8 Å². The molecule has 0 aromatic carbocycles. The number of nitrogens with one attached hydrogen (secondary N) is 2. The molecular weight excluding hydrogens is 370 g/mol. The zero-order valence-electron chi connectivity index (χ0n) is 14.3. The Balaban J connectivity index is 1.69. The Kier molecular flexibility index (Phi) is 3.46. The molecule has 0 atom stereocenters. The van der Waals surface area contributed by atoms with Crippen LogP contribution in [0, 0.1) is 4.77 Å². The summed E-state index contributed by atoms with van der Waals surface area (Å²) in [5.74, 6) is 1.48. The van der Waals surface area contributed by atoms with Crippen LogP contribution in [0.15, 0.2) is 22.8 Å². The Morgan fingerprint density at radius 3 is 3.15 bits per heavy atom. The van der Waals surface area contributed by atoms with Crippen LogP contribution in [0.3, 0.4) is 0 Å². The molecule has 0 aliphatic carbocycles. The fraction of sp³-hybridized carbons (Fsp3) is 0.353. The van der Waals surface area contributed by atoms with Crippen LogP contribution in [0.5, 0.6) is 0 Å². The fourth-order valence-corrected chi connectivity index (χ4v) is 4.67. The molecule has 2 N–H and O–H groups in total. The van der Waals surface area contributed by atoms with Crippen molar-refractivity contribution in [1.82, 2.24) is 19.6 Å². The summed E-state index contributed by atoms with van der Waals surface area (Å²) < 4.78 is 13.7. The molecule has 0 fully saturated rings. The van der Waals surface area contributed by atoms with E-state index in [2.05, 4.69) is 29.4 Å². The van der Waals surface area contributed by atoms with Crippen LogP contribution in [0.1, 0.15) is 30.0 Å². The third-order valence-electron chi connectivity index (χ3n) is 4.58. The van der Waals surface area contributed by atoms with Gasteiger partial charge < -0.3 is 14.5 Å². The van der Waals surface area contributed by atoms with Gasteiger partial charge in [0, 0.05) is 11.3 Å². The van der Waals surface area contributed by atoms with Crippen LogP contribution < -0.4 is 5.32 Å². The van der Waals surface area contributed by atoms with E-state index in [-0.39, 0.29) is 5.60 Å². The maximum Gasteiger partial charge on any atom is 0.212 e. The van der Waals surface area contributed by atoms with Gasteiger partial charge in [0.15, 0.2) is 5.65 Å². The van der Waals surface area contributed by atoms with Gasteiger partial charge in [0.05, 0.1) is 30.4 Å². The molecule has 1 aliphatic rings. The van der Waals surface area contributed by atoms with Crippen LogP contribution >= 0.6 is 23.6 Å². The zero-order valence-corrected chi connectivity index (χ0v) is 16.0. The third-order valence-corrected chi connectivity index (χ3v) is 5.96. The molecule has 4 aromatic rings. The number of aromatic amines is 1. The minimum absolute atomic E-state index is 0.193. The minimum Gasteiger partial charge on any atom is -0.467 e. The van der Waals surface area contributed by atoms with Crippen molar-refractivity contribution in [1.29, 1.82) is 0 Å². The highest BCUT2D eigenvalue weighted by atomic mass is 32.1. The van der Waals surface area contributed by atoms with E-state index in [0.29, 0.717) is 23.9 Å². The Labute approximate surface area is 158 Å². The number of hydrogen-bond acceptors (Lipinski definition) is 7. The SMILES string of the molecule is CC1(C)Cc2c(sc3nc(NCc4ccco4)n4c(=S)[nH]nc4c23)CO1. The quantitative estimate of drug-likeness (QED) is 0.516. The van der Waals surface area contributed by atoms with Gasteiger partial charge in [-0.3, -0.25) is 5.10 Å². The van der Waals surface area contributed by atoms with Gasteiger partial charge in [-0.25, -0.2) is 9.38 Å². The van der Waals surface area contributed by atoms with Gasteiger partial charge in [-0.15, -0.1) is 11.3 Å². The van der Waals surface area contributed by atoms with E-state index in [1.807, 2.05) is 16.5 Å². The first kappa shape index (κ1) is 16.0. The molecule has 0 saturated carbocycles. The minimum atomic E-state index is -0.193. The lowest BCUT2D eigenvalue weighted by Gasteiger charge is -2.30. The number of hydrogen-bond donors (Lipinski definition) is 2. The van der Waals surface area contributed by atoms with Crippen LogP contribution in [-0.4, -0.2) is 25.2 Å². The number of aromatic nitrogens is 4. The highest BCUT2D eigenvalue weighted by Crippen LogP contribution is 2.40. The number of nitrogens with zero attached hydrogens (tertiary/aromatic N) is 3. The van der Waals surface area contributed by atoms with Crippen LogP contribution in [-0.2, 0) is 24.3 Å². The van der Waals surface area contributed by atoms with E-state index in [1.165, 1.54) is 10.4 Å². The highest BCUT2D eigenvalue weighted by molar-refractivity contribution is 7.71. The summed E-state index contributed by atoms with van der Waals surface area (Å²) in [7, 11) is 0. The number of fused-ring (bicyclic) bond motifs is 5. The Morgan fingerprint density at radius 2 is 2.35 bits per heavy atom. The van der Waals surface area contributed by atoms with Crippen molar-refractivity contribution in [2.45, 2.75) is 39.0 Å². The molecule has 0 bridgehead atoms. The smallest absolute Gasteiger partial charge is 0.212 e. The largest absolute Gasteiger partial charge is 0.467 e. The second kappa shape index (κ2) is 5.63. The maximum absolute atomic E-state index is 5.96. The molecule has 4 aromatic heterocycles. The number of ether oxygens (including phenoxy) is 1. The van der Waals surface area contributed by atoms with Crippen molar-refractivity contribution >= 4 is 45.4 Å². The van der Waals surface area contributed by atoms with Crippen LogP contribution in [0.2, 0.25) is 0 Å². The lowest BCUT2D eigenvalue weighted by molar-refractivity contribution is -0.0379. The van der Waals surface area contributed by atoms with Crippen LogP contribution in [0.4, 0.5) is 5.95 Å². The van der Waals surface area contributed by atoms with E-state index >= 15 is 0 Å². The lowest BCUT2D eigenvalue weighted by Crippen LogP contribution is -2.31. The Bertz CT molecular complexity index is 1170. The molecular formula is C17H17N5O2S2. The molecule has 0 saturated heterocycles. The molecule has 0 amide bonds. The zero-order chi connectivity index (χ0) is 17.9. The van der Waals surface area contributed by atoms with E-state index in [0.717, 1.165) is 28.0 Å². The molecule has 134 valence electrons. The molecule has 9 heteroatoms. The molecule has 0 radical (unpaired) electrons. The molecule has 26 heavy (non-hydrogen) atoms. The van der Waals surface area contributed by atoms with Crippen molar-refractivity contribution in [3.8, 4) is 0 Å². The van der Waals surface area contributed by atoms with Crippen LogP contribution in [0.25, 0.3) is 15.9 Å². The van der Waals surface area contributed by atoms with Crippen molar-refractivity contribution in [2.24, 2.45) is 0 Å². The average molecular weight is 387 g/mol. The standard InChI is InChI=1S/C17H17N5O2S2/c1-17(2)6-10-11(8-24-17)26-14-12(10)13-20-21-16(25)22(13)15(19-14)18-7-9-4-3-5-23-9/h3-5H,6-8H2,1-2H3,(H,18,19)(H,21,25). The van der Waals surface area contributed by atoms with Crippen molar-refractivity contribution in [2.75, 3.05) is 5.32 Å². The maximum atomic E-state index is 5.96. The summed E-state index contributed by atoms with van der Waals surface area (Å²) in [5.41, 5.74) is 1.88. The van der Waals surface area contributed by atoms with E-state index < -0.39 is 0 Å². The molecule has 5 rings (SSSR count). The first-order valence-corrected chi connectivity index (χ1v) is 9.56. The van der Waals surface area contributed by atoms with Crippen molar-refractivity contribution < 1.29 is 9.15 Å². The van der Waals surface area contributed by atoms with Gasteiger partial charge in [0.25, 0.3) is 0 Å².